The molecule has 5 nitrogen and oxygen atoms in total. The van der Waals surface area contributed by atoms with Gasteiger partial charge in [0.15, 0.2) is 0 Å². The van der Waals surface area contributed by atoms with E-state index in [2.05, 4.69) is 10.5 Å². The summed E-state index contributed by atoms with van der Waals surface area (Å²) in [5.74, 6) is -0.555. The molecule has 1 aromatic heterocycles. The van der Waals surface area contributed by atoms with Crippen molar-refractivity contribution in [1.29, 1.82) is 0 Å². The Morgan fingerprint density at radius 2 is 1.92 bits per heavy atom. The zero-order chi connectivity index (χ0) is 19.3. The first-order chi connectivity index (χ1) is 12.2. The first kappa shape index (κ1) is 19.9. The molecule has 0 saturated heterocycles. The van der Waals surface area contributed by atoms with E-state index in [-0.39, 0.29) is 24.3 Å². The molecule has 1 amide bonds. The summed E-state index contributed by atoms with van der Waals surface area (Å²) in [6.45, 7) is 0.966. The van der Waals surface area contributed by atoms with Crippen LogP contribution >= 0.6 is 0 Å². The van der Waals surface area contributed by atoms with E-state index in [1.54, 1.807) is 6.92 Å². The third kappa shape index (κ3) is 5.55. The highest BCUT2D eigenvalue weighted by Crippen LogP contribution is 2.25. The lowest BCUT2D eigenvalue weighted by molar-refractivity contribution is -0.143. The van der Waals surface area contributed by atoms with E-state index in [0.717, 1.165) is 4.90 Å². The topological polar surface area (TPSA) is 58.4 Å². The number of hydrogen-bond acceptors (Lipinski definition) is 4. The van der Waals surface area contributed by atoms with Gasteiger partial charge in [0.1, 0.15) is 22.8 Å². The number of carbonyl (C=O) groups excluding carboxylic acids is 1. The van der Waals surface area contributed by atoms with Crippen molar-refractivity contribution in [2.24, 2.45) is 0 Å². The maximum atomic E-state index is 13.0. The van der Waals surface area contributed by atoms with Crippen LogP contribution in [0, 0.1) is 12.7 Å². The molecule has 2 aromatic rings. The Kier molecular flexibility index (Phi) is 6.36. The summed E-state index contributed by atoms with van der Waals surface area (Å²) in [4.78, 5) is 13.5. The van der Waals surface area contributed by atoms with Crippen LogP contribution in [0.25, 0.3) is 11.3 Å². The van der Waals surface area contributed by atoms with Crippen LogP contribution in [0.15, 0.2) is 28.8 Å². The Bertz CT molecular complexity index is 741. The highest BCUT2D eigenvalue weighted by molar-refractivity contribution is 6.00. The minimum atomic E-state index is -4.25. The van der Waals surface area contributed by atoms with Crippen molar-refractivity contribution < 1.29 is 26.9 Å². The summed E-state index contributed by atoms with van der Waals surface area (Å²) in [6, 6.07) is 5.46. The molecular formula is C17H19F4N3O2. The van der Waals surface area contributed by atoms with Crippen LogP contribution in [-0.4, -0.2) is 48.8 Å². The first-order valence-corrected chi connectivity index (χ1v) is 7.93. The van der Waals surface area contributed by atoms with Crippen molar-refractivity contribution in [3.8, 4) is 11.3 Å². The Morgan fingerprint density at radius 3 is 2.54 bits per heavy atom. The lowest BCUT2D eigenvalue weighted by atomic mass is 10.1. The second kappa shape index (κ2) is 8.31. The van der Waals surface area contributed by atoms with Crippen molar-refractivity contribution >= 4 is 5.91 Å². The number of hydrogen-bond donors (Lipinski definition) is 1. The van der Waals surface area contributed by atoms with E-state index < -0.39 is 24.4 Å². The molecule has 0 spiro atoms. The molecule has 0 radical (unpaired) electrons. The third-order valence-electron chi connectivity index (χ3n) is 3.66. The van der Waals surface area contributed by atoms with Gasteiger partial charge in [-0.05, 0) is 51.2 Å². The van der Waals surface area contributed by atoms with Gasteiger partial charge in [-0.25, -0.2) is 4.39 Å². The number of aromatic nitrogens is 1. The number of halogens is 4. The average molecular weight is 373 g/mol. The number of benzene rings is 1. The molecule has 2 rings (SSSR count). The van der Waals surface area contributed by atoms with E-state index in [1.165, 1.54) is 31.3 Å². The second-order valence-electron chi connectivity index (χ2n) is 5.93. The molecular weight excluding hydrogens is 354 g/mol. The minimum Gasteiger partial charge on any atom is -0.360 e. The minimum absolute atomic E-state index is 0.188. The van der Waals surface area contributed by atoms with Crippen molar-refractivity contribution in [1.82, 2.24) is 15.4 Å². The van der Waals surface area contributed by atoms with Gasteiger partial charge in [-0.3, -0.25) is 9.69 Å². The van der Waals surface area contributed by atoms with Gasteiger partial charge in [-0.1, -0.05) is 5.16 Å². The summed E-state index contributed by atoms with van der Waals surface area (Å²) in [7, 11) is 1.37. The van der Waals surface area contributed by atoms with Gasteiger partial charge >= 0.3 is 6.18 Å². The van der Waals surface area contributed by atoms with Gasteiger partial charge in [0, 0.05) is 12.1 Å². The molecule has 0 aliphatic heterocycles. The Hall–Kier alpha value is -2.42. The zero-order valence-corrected chi connectivity index (χ0v) is 14.4. The van der Waals surface area contributed by atoms with E-state index in [9.17, 15) is 22.4 Å². The second-order valence-corrected chi connectivity index (χ2v) is 5.93. The van der Waals surface area contributed by atoms with E-state index in [1.807, 2.05) is 0 Å². The van der Waals surface area contributed by atoms with Crippen LogP contribution in [0.1, 0.15) is 22.5 Å². The normalized spacial score (nSPS) is 11.8. The predicted molar refractivity (Wildman–Crippen MR) is 87.1 cm³/mol. The molecule has 0 aliphatic carbocycles. The van der Waals surface area contributed by atoms with Crippen LogP contribution < -0.4 is 5.32 Å². The maximum Gasteiger partial charge on any atom is 0.401 e. The molecule has 0 fully saturated rings. The van der Waals surface area contributed by atoms with Gasteiger partial charge in [0.25, 0.3) is 5.91 Å². The number of aryl methyl sites for hydroxylation is 1. The molecule has 26 heavy (non-hydrogen) atoms. The average Bonchev–Trinajstić information content (AvgIpc) is 2.92. The molecule has 0 unspecified atom stereocenters. The molecule has 9 heteroatoms. The van der Waals surface area contributed by atoms with Crippen molar-refractivity contribution in [2.75, 3.05) is 26.7 Å². The molecule has 0 aliphatic rings. The Balaban J connectivity index is 1.94. The number of nitrogens with zero attached hydrogens (tertiary/aromatic N) is 2. The van der Waals surface area contributed by atoms with Crippen LogP contribution in [0.4, 0.5) is 17.6 Å². The van der Waals surface area contributed by atoms with Crippen LogP contribution in [0.3, 0.4) is 0 Å². The van der Waals surface area contributed by atoms with Crippen LogP contribution in [0.5, 0.6) is 0 Å². The van der Waals surface area contributed by atoms with Crippen molar-refractivity contribution in [2.45, 2.75) is 19.5 Å². The zero-order valence-electron chi connectivity index (χ0n) is 14.4. The van der Waals surface area contributed by atoms with Crippen molar-refractivity contribution in [3.63, 3.8) is 0 Å². The number of rotatable bonds is 7. The Labute approximate surface area is 148 Å². The summed E-state index contributed by atoms with van der Waals surface area (Å²) < 4.78 is 54.9. The summed E-state index contributed by atoms with van der Waals surface area (Å²) in [5, 5.41) is 6.49. The monoisotopic (exact) mass is 373 g/mol. The molecule has 0 saturated carbocycles. The molecule has 0 atom stereocenters. The lowest BCUT2D eigenvalue weighted by Gasteiger charge is -2.18. The van der Waals surface area contributed by atoms with Gasteiger partial charge < -0.3 is 9.84 Å². The lowest BCUT2D eigenvalue weighted by Crippen LogP contribution is -2.34. The van der Waals surface area contributed by atoms with Gasteiger partial charge in [-0.15, -0.1) is 0 Å². The summed E-state index contributed by atoms with van der Waals surface area (Å²) >= 11 is 0. The summed E-state index contributed by atoms with van der Waals surface area (Å²) in [6.07, 6.45) is -3.89. The standard InChI is InChI=1S/C17H19F4N3O2/c1-11-14(15(23-26-11)12-4-6-13(18)7-5-12)16(25)22-8-3-9-24(2)10-17(19,20)21/h4-7H,3,8-10H2,1-2H3,(H,22,25). The van der Waals surface area contributed by atoms with Crippen molar-refractivity contribution in [3.05, 3.63) is 41.4 Å². The van der Waals surface area contributed by atoms with E-state index >= 15 is 0 Å². The molecule has 0 bridgehead atoms. The fraction of sp³-hybridized carbons (Fsp3) is 0.412. The fourth-order valence-corrected chi connectivity index (χ4v) is 2.47. The quantitative estimate of drug-likeness (QED) is 0.597. The maximum absolute atomic E-state index is 13.0. The Morgan fingerprint density at radius 1 is 1.27 bits per heavy atom. The van der Waals surface area contributed by atoms with Gasteiger partial charge in [0.05, 0.1) is 6.54 Å². The number of alkyl halides is 3. The predicted octanol–water partition coefficient (Wildman–Crippen LogP) is 3.40. The summed E-state index contributed by atoms with van der Waals surface area (Å²) in [5.41, 5.74) is 1.03. The smallest absolute Gasteiger partial charge is 0.360 e. The van der Waals surface area contributed by atoms with Crippen LogP contribution in [0.2, 0.25) is 0 Å². The third-order valence-corrected chi connectivity index (χ3v) is 3.66. The van der Waals surface area contributed by atoms with Crippen LogP contribution in [-0.2, 0) is 0 Å². The largest absolute Gasteiger partial charge is 0.401 e. The highest BCUT2D eigenvalue weighted by Gasteiger charge is 2.28. The van der Waals surface area contributed by atoms with Gasteiger partial charge in [-0.2, -0.15) is 13.2 Å². The number of nitrogens with one attached hydrogen (secondary N) is 1. The molecule has 1 heterocycles. The van der Waals surface area contributed by atoms with Gasteiger partial charge in [0.2, 0.25) is 0 Å². The fourth-order valence-electron chi connectivity index (χ4n) is 2.47. The molecule has 1 aromatic carbocycles. The molecule has 142 valence electrons. The van der Waals surface area contributed by atoms with E-state index in [4.69, 9.17) is 4.52 Å². The van der Waals surface area contributed by atoms with E-state index in [0.29, 0.717) is 17.7 Å². The highest BCUT2D eigenvalue weighted by atomic mass is 19.4. The molecule has 1 N–H and O–H groups in total. The number of amides is 1. The first-order valence-electron chi connectivity index (χ1n) is 7.93. The number of carbonyl (C=O) groups is 1. The SMILES string of the molecule is Cc1onc(-c2ccc(F)cc2)c1C(=O)NCCCN(C)CC(F)(F)F.